The predicted octanol–water partition coefficient (Wildman–Crippen LogP) is 2.29. The molecule has 0 unspecified atom stereocenters. The number of benzene rings is 1. The number of aryl methyl sites for hydroxylation is 1. The zero-order valence-corrected chi connectivity index (χ0v) is 14.9. The lowest BCUT2D eigenvalue weighted by molar-refractivity contribution is 0.0951. The zero-order chi connectivity index (χ0) is 18.0. The molecule has 2 heterocycles. The lowest BCUT2D eigenvalue weighted by Crippen LogP contribution is -2.22. The second-order valence-electron chi connectivity index (χ2n) is 5.26. The molecule has 0 saturated carbocycles. The molecule has 0 spiro atoms. The fourth-order valence-corrected chi connectivity index (χ4v) is 3.64. The number of carbonyl (C=O) groups is 1. The molecular weight excluding hydrogens is 362 g/mol. The van der Waals surface area contributed by atoms with Crippen LogP contribution in [-0.4, -0.2) is 19.3 Å². The molecule has 0 aliphatic rings. The number of aromatic nitrogens is 1. The number of thiazole rings is 1. The summed E-state index contributed by atoms with van der Waals surface area (Å²) in [6, 6.07) is 9.06. The molecule has 25 heavy (non-hydrogen) atoms. The van der Waals surface area contributed by atoms with Crippen LogP contribution in [0.5, 0.6) is 0 Å². The number of sulfonamides is 1. The Morgan fingerprint density at radius 3 is 2.60 bits per heavy atom. The Balaban J connectivity index is 1.68. The van der Waals surface area contributed by atoms with Gasteiger partial charge in [0.1, 0.15) is 0 Å². The van der Waals surface area contributed by atoms with Gasteiger partial charge >= 0.3 is 0 Å². The Bertz CT molecular complexity index is 991. The molecule has 0 aliphatic carbocycles. The maximum atomic E-state index is 12.2. The van der Waals surface area contributed by atoms with Gasteiger partial charge in [-0.25, -0.2) is 18.5 Å². The minimum atomic E-state index is -3.77. The van der Waals surface area contributed by atoms with Crippen LogP contribution in [0.1, 0.15) is 20.9 Å². The highest BCUT2D eigenvalue weighted by Gasteiger charge is 2.14. The fourth-order valence-electron chi connectivity index (χ4n) is 2.16. The van der Waals surface area contributed by atoms with Crippen molar-refractivity contribution in [2.45, 2.75) is 18.4 Å². The summed E-state index contributed by atoms with van der Waals surface area (Å²) in [5.41, 5.74) is 1.17. The van der Waals surface area contributed by atoms with E-state index in [1.54, 1.807) is 12.3 Å². The van der Waals surface area contributed by atoms with Crippen LogP contribution in [0, 0.1) is 6.92 Å². The van der Waals surface area contributed by atoms with Gasteiger partial charge in [-0.15, -0.1) is 11.3 Å². The van der Waals surface area contributed by atoms with Crippen LogP contribution < -0.4 is 10.5 Å². The van der Waals surface area contributed by atoms with Gasteiger partial charge in [-0.1, -0.05) is 0 Å². The molecule has 0 aliphatic heterocycles. The van der Waals surface area contributed by atoms with Gasteiger partial charge in [0.15, 0.2) is 10.8 Å². The Kier molecular flexibility index (Phi) is 4.71. The van der Waals surface area contributed by atoms with Crippen LogP contribution in [0.4, 0.5) is 0 Å². The number of rotatable bonds is 5. The third kappa shape index (κ3) is 3.95. The normalized spacial score (nSPS) is 11.4. The molecule has 2 aromatic heterocycles. The monoisotopic (exact) mass is 377 g/mol. The average Bonchev–Trinajstić information content (AvgIpc) is 3.21. The topological polar surface area (TPSA) is 115 Å². The van der Waals surface area contributed by atoms with E-state index in [1.807, 2.05) is 13.0 Å². The van der Waals surface area contributed by atoms with E-state index >= 15 is 0 Å². The van der Waals surface area contributed by atoms with Gasteiger partial charge in [0, 0.05) is 10.4 Å². The number of carbonyl (C=O) groups excluding carboxylic acids is 1. The summed E-state index contributed by atoms with van der Waals surface area (Å²) in [4.78, 5) is 17.5. The van der Waals surface area contributed by atoms with E-state index in [0.717, 1.165) is 15.6 Å². The summed E-state index contributed by atoms with van der Waals surface area (Å²) in [5, 5.41) is 8.58. The molecule has 0 atom stereocenters. The van der Waals surface area contributed by atoms with Gasteiger partial charge in [-0.05, 0) is 43.3 Å². The van der Waals surface area contributed by atoms with Gasteiger partial charge in [-0.3, -0.25) is 4.79 Å². The van der Waals surface area contributed by atoms with E-state index in [0.29, 0.717) is 17.9 Å². The highest BCUT2D eigenvalue weighted by atomic mass is 32.2. The summed E-state index contributed by atoms with van der Waals surface area (Å²) >= 11 is 1.44. The van der Waals surface area contributed by atoms with Crippen molar-refractivity contribution < 1.29 is 17.6 Å². The maximum Gasteiger partial charge on any atom is 0.251 e. The van der Waals surface area contributed by atoms with Crippen LogP contribution >= 0.6 is 11.3 Å². The van der Waals surface area contributed by atoms with Gasteiger partial charge in [-0.2, -0.15) is 0 Å². The number of furan rings is 1. The molecule has 3 N–H and O–H groups in total. The number of amides is 1. The fraction of sp³-hybridized carbons (Fsp3) is 0.125. The SMILES string of the molecule is Cc1nc(-c2ccco2)sc1CNC(=O)c1ccc(S(N)(=O)=O)cc1. The van der Waals surface area contributed by atoms with Crippen LogP contribution in [-0.2, 0) is 16.6 Å². The van der Waals surface area contributed by atoms with Crippen molar-refractivity contribution in [2.24, 2.45) is 5.14 Å². The van der Waals surface area contributed by atoms with Crippen LogP contribution in [0.2, 0.25) is 0 Å². The standard InChI is InChI=1S/C16H15N3O4S2/c1-10-14(24-16(19-10)13-3-2-8-23-13)9-18-15(20)11-4-6-12(7-5-11)25(17,21)22/h2-8H,9H2,1H3,(H,18,20)(H2,17,21,22). The highest BCUT2D eigenvalue weighted by Crippen LogP contribution is 2.28. The largest absolute Gasteiger partial charge is 0.462 e. The second kappa shape index (κ2) is 6.79. The number of primary sulfonamides is 1. The lowest BCUT2D eigenvalue weighted by Gasteiger charge is -2.05. The van der Waals surface area contributed by atoms with Crippen molar-refractivity contribution in [1.82, 2.24) is 10.3 Å². The Morgan fingerprint density at radius 1 is 1.28 bits per heavy atom. The third-order valence-electron chi connectivity index (χ3n) is 3.48. The molecule has 0 saturated heterocycles. The molecule has 130 valence electrons. The number of nitrogens with two attached hydrogens (primary N) is 1. The molecule has 1 aromatic carbocycles. The highest BCUT2D eigenvalue weighted by molar-refractivity contribution is 7.89. The van der Waals surface area contributed by atoms with Crippen molar-refractivity contribution in [3.8, 4) is 10.8 Å². The summed E-state index contributed by atoms with van der Waals surface area (Å²) in [5.74, 6) is 0.373. The van der Waals surface area contributed by atoms with E-state index < -0.39 is 10.0 Å². The minimum Gasteiger partial charge on any atom is -0.462 e. The van der Waals surface area contributed by atoms with E-state index in [2.05, 4.69) is 10.3 Å². The first-order valence-corrected chi connectivity index (χ1v) is 9.62. The van der Waals surface area contributed by atoms with Crippen LogP contribution in [0.25, 0.3) is 10.8 Å². The lowest BCUT2D eigenvalue weighted by atomic mass is 10.2. The van der Waals surface area contributed by atoms with Gasteiger partial charge in [0.2, 0.25) is 10.0 Å². The summed E-state index contributed by atoms with van der Waals surface area (Å²) in [6.07, 6.45) is 1.58. The number of hydrogen-bond donors (Lipinski definition) is 2. The van der Waals surface area contributed by atoms with Crippen molar-refractivity contribution >= 4 is 27.3 Å². The van der Waals surface area contributed by atoms with E-state index in [1.165, 1.54) is 35.6 Å². The summed E-state index contributed by atoms with van der Waals surface area (Å²) in [6.45, 7) is 2.19. The Hall–Kier alpha value is -2.49. The quantitative estimate of drug-likeness (QED) is 0.708. The molecule has 0 fully saturated rings. The molecule has 9 heteroatoms. The zero-order valence-electron chi connectivity index (χ0n) is 13.2. The van der Waals surface area contributed by atoms with Gasteiger partial charge < -0.3 is 9.73 Å². The van der Waals surface area contributed by atoms with Crippen LogP contribution in [0.15, 0.2) is 52.0 Å². The first kappa shape index (κ1) is 17.3. The van der Waals surface area contributed by atoms with Crippen molar-refractivity contribution in [2.75, 3.05) is 0 Å². The number of nitrogens with zero attached hydrogens (tertiary/aromatic N) is 1. The average molecular weight is 377 g/mol. The second-order valence-corrected chi connectivity index (χ2v) is 7.90. The molecule has 0 radical (unpaired) electrons. The van der Waals surface area contributed by atoms with Gasteiger partial charge in [0.05, 0.1) is 23.4 Å². The summed E-state index contributed by atoms with van der Waals surface area (Å²) < 4.78 is 27.8. The minimum absolute atomic E-state index is 0.0366. The van der Waals surface area contributed by atoms with Crippen molar-refractivity contribution in [3.63, 3.8) is 0 Å². The van der Waals surface area contributed by atoms with E-state index in [4.69, 9.17) is 9.56 Å². The molecule has 1 amide bonds. The number of nitrogens with one attached hydrogen (secondary N) is 1. The first-order chi connectivity index (χ1) is 11.8. The van der Waals surface area contributed by atoms with Gasteiger partial charge in [0.25, 0.3) is 5.91 Å². The smallest absolute Gasteiger partial charge is 0.251 e. The number of hydrogen-bond acceptors (Lipinski definition) is 6. The summed E-state index contributed by atoms with van der Waals surface area (Å²) in [7, 11) is -3.77. The molecule has 0 bridgehead atoms. The van der Waals surface area contributed by atoms with E-state index in [9.17, 15) is 13.2 Å². The predicted molar refractivity (Wildman–Crippen MR) is 93.5 cm³/mol. The first-order valence-electron chi connectivity index (χ1n) is 7.26. The maximum absolute atomic E-state index is 12.2. The molecule has 3 aromatic rings. The van der Waals surface area contributed by atoms with E-state index in [-0.39, 0.29) is 10.8 Å². The Morgan fingerprint density at radius 2 is 2.00 bits per heavy atom. The Labute approximate surface area is 148 Å². The third-order valence-corrected chi connectivity index (χ3v) is 5.58. The molecule has 3 rings (SSSR count). The molecule has 7 nitrogen and oxygen atoms in total. The van der Waals surface area contributed by atoms with Crippen LogP contribution in [0.3, 0.4) is 0 Å². The van der Waals surface area contributed by atoms with Crippen molar-refractivity contribution in [3.05, 3.63) is 58.8 Å². The van der Waals surface area contributed by atoms with Crippen molar-refractivity contribution in [1.29, 1.82) is 0 Å². The molecular formula is C16H15N3O4S2.